The highest BCUT2D eigenvalue weighted by molar-refractivity contribution is 5.15. The summed E-state index contributed by atoms with van der Waals surface area (Å²) in [6, 6.07) is -0.00928. The Morgan fingerprint density at radius 2 is 2.43 bits per heavy atom. The van der Waals surface area contributed by atoms with E-state index in [1.807, 2.05) is 6.92 Å². The van der Waals surface area contributed by atoms with Gasteiger partial charge in [-0.3, -0.25) is 0 Å². The molecule has 1 saturated carbocycles. The second-order valence-corrected chi connectivity index (χ2v) is 3.98. The van der Waals surface area contributed by atoms with Crippen LogP contribution in [0.25, 0.3) is 0 Å². The van der Waals surface area contributed by atoms with E-state index >= 15 is 0 Å². The molecule has 1 fully saturated rings. The number of halogens is 1. The van der Waals surface area contributed by atoms with Crippen LogP contribution in [0.1, 0.15) is 31.9 Å². The van der Waals surface area contributed by atoms with Gasteiger partial charge in [0.15, 0.2) is 5.67 Å². The summed E-state index contributed by atoms with van der Waals surface area (Å²) in [5.74, 6) is 0. The van der Waals surface area contributed by atoms with Gasteiger partial charge in [0.1, 0.15) is 0 Å². The van der Waals surface area contributed by atoms with Crippen LogP contribution in [0.5, 0.6) is 0 Å². The van der Waals surface area contributed by atoms with E-state index < -0.39 is 5.67 Å². The Labute approximate surface area is 82.3 Å². The van der Waals surface area contributed by atoms with Crippen LogP contribution in [0.3, 0.4) is 0 Å². The topological polar surface area (TPSA) is 56.7 Å². The molecule has 2 rings (SSSR count). The number of aryl methyl sites for hydroxylation is 1. The van der Waals surface area contributed by atoms with Crippen LogP contribution in [-0.4, -0.2) is 21.0 Å². The second-order valence-electron chi connectivity index (χ2n) is 3.98. The van der Waals surface area contributed by atoms with Crippen molar-refractivity contribution in [1.82, 2.24) is 15.0 Å². The van der Waals surface area contributed by atoms with Crippen LogP contribution in [0.2, 0.25) is 0 Å². The summed E-state index contributed by atoms with van der Waals surface area (Å²) in [5.41, 5.74) is 4.90. The summed E-state index contributed by atoms with van der Waals surface area (Å²) in [4.78, 5) is 0. The third kappa shape index (κ3) is 1.41. The Kier molecular flexibility index (Phi) is 2.26. The maximum Gasteiger partial charge on any atom is 0.157 e. The third-order valence-electron chi connectivity index (χ3n) is 2.68. The highest BCUT2D eigenvalue weighted by Gasteiger charge is 2.47. The zero-order valence-electron chi connectivity index (χ0n) is 8.28. The molecule has 0 bridgehead atoms. The zero-order chi connectivity index (χ0) is 10.2. The summed E-state index contributed by atoms with van der Waals surface area (Å²) in [6.45, 7) is 2.75. The van der Waals surface area contributed by atoms with E-state index in [0.717, 1.165) is 13.0 Å². The zero-order valence-corrected chi connectivity index (χ0v) is 8.28. The van der Waals surface area contributed by atoms with Gasteiger partial charge in [0, 0.05) is 25.4 Å². The first-order valence-corrected chi connectivity index (χ1v) is 4.99. The van der Waals surface area contributed by atoms with Crippen molar-refractivity contribution >= 4 is 0 Å². The van der Waals surface area contributed by atoms with Crippen LogP contribution >= 0.6 is 0 Å². The monoisotopic (exact) mass is 198 g/mol. The van der Waals surface area contributed by atoms with Crippen molar-refractivity contribution in [2.45, 2.75) is 44.4 Å². The largest absolute Gasteiger partial charge is 0.327 e. The van der Waals surface area contributed by atoms with Gasteiger partial charge in [-0.25, -0.2) is 9.07 Å². The smallest absolute Gasteiger partial charge is 0.157 e. The second kappa shape index (κ2) is 3.31. The highest BCUT2D eigenvalue weighted by Crippen LogP contribution is 2.43. The lowest BCUT2D eigenvalue weighted by Crippen LogP contribution is -2.47. The van der Waals surface area contributed by atoms with Gasteiger partial charge in [-0.2, -0.15) is 0 Å². The lowest BCUT2D eigenvalue weighted by Gasteiger charge is -2.38. The Hall–Kier alpha value is -0.970. The number of alkyl halides is 1. The fraction of sp³-hybridized carbons (Fsp3) is 0.778. The van der Waals surface area contributed by atoms with Crippen LogP contribution in [0.4, 0.5) is 4.39 Å². The standard InChI is InChI=1S/C9H15FN4/c1-2-3-14-8(6-12-13-14)9(10)4-7(11)5-9/h6-7H,2-5,11H2,1H3. The molecule has 1 aliphatic carbocycles. The van der Waals surface area contributed by atoms with E-state index in [1.54, 1.807) is 4.68 Å². The average molecular weight is 198 g/mol. The molecular formula is C9H15FN4. The maximum atomic E-state index is 14.1. The summed E-state index contributed by atoms with van der Waals surface area (Å²) >= 11 is 0. The van der Waals surface area contributed by atoms with Crippen molar-refractivity contribution in [3.05, 3.63) is 11.9 Å². The number of nitrogens with two attached hydrogens (primary N) is 1. The van der Waals surface area contributed by atoms with Gasteiger partial charge >= 0.3 is 0 Å². The summed E-state index contributed by atoms with van der Waals surface area (Å²) in [6.07, 6.45) is 3.23. The summed E-state index contributed by atoms with van der Waals surface area (Å²) < 4.78 is 15.8. The van der Waals surface area contributed by atoms with Crippen molar-refractivity contribution in [3.8, 4) is 0 Å². The van der Waals surface area contributed by atoms with Crippen molar-refractivity contribution in [3.63, 3.8) is 0 Å². The predicted octanol–water partition coefficient (Wildman–Crippen LogP) is 0.974. The fourth-order valence-corrected chi connectivity index (χ4v) is 1.96. The Bertz CT molecular complexity index is 316. The molecule has 4 nitrogen and oxygen atoms in total. The van der Waals surface area contributed by atoms with Crippen LogP contribution in [0, 0.1) is 0 Å². The summed E-state index contributed by atoms with van der Waals surface area (Å²) in [5, 5.41) is 7.61. The molecule has 0 spiro atoms. The maximum absolute atomic E-state index is 14.1. The normalized spacial score (nSPS) is 31.5. The van der Waals surface area contributed by atoms with Crippen molar-refractivity contribution in [2.75, 3.05) is 0 Å². The van der Waals surface area contributed by atoms with E-state index in [0.29, 0.717) is 18.5 Å². The van der Waals surface area contributed by atoms with Crippen LogP contribution < -0.4 is 5.73 Å². The summed E-state index contributed by atoms with van der Waals surface area (Å²) in [7, 11) is 0. The van der Waals surface area contributed by atoms with Crippen molar-refractivity contribution in [2.24, 2.45) is 5.73 Å². The SMILES string of the molecule is CCCn1nncc1C1(F)CC(N)C1. The van der Waals surface area contributed by atoms with E-state index in [1.165, 1.54) is 6.20 Å². The Morgan fingerprint density at radius 1 is 1.71 bits per heavy atom. The molecule has 1 heterocycles. The molecule has 0 radical (unpaired) electrons. The van der Waals surface area contributed by atoms with Gasteiger partial charge < -0.3 is 5.73 Å². The quantitative estimate of drug-likeness (QED) is 0.787. The van der Waals surface area contributed by atoms with E-state index in [4.69, 9.17) is 5.73 Å². The molecule has 0 amide bonds. The van der Waals surface area contributed by atoms with Gasteiger partial charge in [-0.1, -0.05) is 12.1 Å². The first-order chi connectivity index (χ1) is 6.65. The number of hydrogen-bond donors (Lipinski definition) is 1. The van der Waals surface area contributed by atoms with Gasteiger partial charge in [0.05, 0.1) is 11.9 Å². The molecule has 2 N–H and O–H groups in total. The molecule has 1 aliphatic rings. The average Bonchev–Trinajstić information content (AvgIpc) is 2.51. The minimum absolute atomic E-state index is 0.00928. The first-order valence-electron chi connectivity index (χ1n) is 4.99. The Balaban J connectivity index is 2.19. The molecule has 1 aromatic rings. The highest BCUT2D eigenvalue weighted by atomic mass is 19.1. The lowest BCUT2D eigenvalue weighted by atomic mass is 9.76. The van der Waals surface area contributed by atoms with Gasteiger partial charge in [-0.15, -0.1) is 5.10 Å². The fourth-order valence-electron chi connectivity index (χ4n) is 1.96. The molecular weight excluding hydrogens is 183 g/mol. The molecule has 5 heteroatoms. The van der Waals surface area contributed by atoms with E-state index in [-0.39, 0.29) is 6.04 Å². The van der Waals surface area contributed by atoms with E-state index in [9.17, 15) is 4.39 Å². The number of aromatic nitrogens is 3. The van der Waals surface area contributed by atoms with Gasteiger partial charge in [0.2, 0.25) is 0 Å². The van der Waals surface area contributed by atoms with E-state index in [2.05, 4.69) is 10.3 Å². The van der Waals surface area contributed by atoms with Crippen LogP contribution in [0.15, 0.2) is 6.20 Å². The predicted molar refractivity (Wildman–Crippen MR) is 50.3 cm³/mol. The minimum Gasteiger partial charge on any atom is -0.327 e. The van der Waals surface area contributed by atoms with Gasteiger partial charge in [0.25, 0.3) is 0 Å². The number of nitrogens with zero attached hydrogens (tertiary/aromatic N) is 3. The molecule has 0 aliphatic heterocycles. The molecule has 0 saturated heterocycles. The number of hydrogen-bond acceptors (Lipinski definition) is 3. The Morgan fingerprint density at radius 3 is 3.00 bits per heavy atom. The molecule has 0 atom stereocenters. The van der Waals surface area contributed by atoms with Crippen molar-refractivity contribution in [1.29, 1.82) is 0 Å². The number of rotatable bonds is 3. The third-order valence-corrected chi connectivity index (χ3v) is 2.68. The molecule has 1 aromatic heterocycles. The molecule has 78 valence electrons. The molecule has 0 unspecified atom stereocenters. The minimum atomic E-state index is -1.28. The molecule has 0 aromatic carbocycles. The first kappa shape index (κ1) is 9.58. The lowest BCUT2D eigenvalue weighted by molar-refractivity contribution is 0.0309. The van der Waals surface area contributed by atoms with Crippen LogP contribution in [-0.2, 0) is 12.2 Å². The van der Waals surface area contributed by atoms with Crippen molar-refractivity contribution < 1.29 is 4.39 Å². The molecule has 14 heavy (non-hydrogen) atoms. The van der Waals surface area contributed by atoms with Gasteiger partial charge in [-0.05, 0) is 6.42 Å².